The number of hydrogen-bond donors (Lipinski definition) is 2. The van der Waals surface area contributed by atoms with E-state index >= 15 is 0 Å². The molecular weight excluding hydrogens is 682 g/mol. The number of aliphatic hydroxyl groups is 2. The maximum Gasteiger partial charge on any atom is 0.421 e. The second-order valence-corrected chi connectivity index (χ2v) is 15.0. The van der Waals surface area contributed by atoms with Crippen LogP contribution in [-0.2, 0) is 43.7 Å². The van der Waals surface area contributed by atoms with Gasteiger partial charge in [-0.15, -0.1) is 0 Å². The molecule has 0 aromatic heterocycles. The molecular formula is C34H34F6O6S2. The fourth-order valence-electron chi connectivity index (χ4n) is 4.61. The quantitative estimate of drug-likeness (QED) is 0.181. The van der Waals surface area contributed by atoms with Crippen LogP contribution in [0.15, 0.2) is 117 Å². The first kappa shape index (κ1) is 38.7. The van der Waals surface area contributed by atoms with Gasteiger partial charge in [-0.25, -0.2) is 16.8 Å². The molecule has 4 rings (SSSR count). The Morgan fingerprint density at radius 1 is 0.500 bits per heavy atom. The molecule has 260 valence electrons. The third kappa shape index (κ3) is 7.77. The van der Waals surface area contributed by atoms with Crippen LogP contribution in [-0.4, -0.2) is 39.4 Å². The lowest BCUT2D eigenvalue weighted by Gasteiger charge is -2.26. The number of sulfone groups is 2. The van der Waals surface area contributed by atoms with Crippen molar-refractivity contribution in [3.63, 3.8) is 0 Å². The predicted octanol–water partition coefficient (Wildman–Crippen LogP) is 7.70. The molecule has 0 amide bonds. The Balaban J connectivity index is 0.000000260. The second-order valence-electron chi connectivity index (χ2n) is 11.1. The SMILES string of the molecule is CCc1ccccc1S(=O)(=O)c1ccc([C@](C)(O)C(F)(F)F)cc1.CCc1ccccc1S(=O)(=O)c1ccc([C@](C)(O)C(F)(F)F)cc1. The average molecular weight is 717 g/mol. The summed E-state index contributed by atoms with van der Waals surface area (Å²) in [6.07, 6.45) is -8.70. The molecule has 0 heterocycles. The van der Waals surface area contributed by atoms with E-state index in [1.807, 2.05) is 13.8 Å². The van der Waals surface area contributed by atoms with Gasteiger partial charge in [-0.1, -0.05) is 74.5 Å². The highest BCUT2D eigenvalue weighted by Gasteiger charge is 2.52. The third-order valence-electron chi connectivity index (χ3n) is 7.84. The Bertz CT molecular complexity index is 1790. The normalized spacial score (nSPS) is 15.1. The zero-order valence-electron chi connectivity index (χ0n) is 26.3. The van der Waals surface area contributed by atoms with E-state index in [2.05, 4.69) is 0 Å². The molecule has 0 aliphatic heterocycles. The molecule has 0 spiro atoms. The van der Waals surface area contributed by atoms with Crippen molar-refractivity contribution < 1.29 is 53.4 Å². The van der Waals surface area contributed by atoms with Crippen LogP contribution < -0.4 is 0 Å². The number of halogens is 6. The van der Waals surface area contributed by atoms with Gasteiger partial charge in [0.05, 0.1) is 19.6 Å². The van der Waals surface area contributed by atoms with E-state index in [0.29, 0.717) is 37.8 Å². The zero-order valence-corrected chi connectivity index (χ0v) is 27.9. The highest BCUT2D eigenvalue weighted by Crippen LogP contribution is 2.40. The van der Waals surface area contributed by atoms with Crippen molar-refractivity contribution in [3.8, 4) is 0 Å². The number of hydrogen-bond acceptors (Lipinski definition) is 6. The van der Waals surface area contributed by atoms with Crippen LogP contribution in [0.25, 0.3) is 0 Å². The van der Waals surface area contributed by atoms with Crippen LogP contribution in [0.4, 0.5) is 26.3 Å². The number of benzene rings is 4. The highest BCUT2D eigenvalue weighted by molar-refractivity contribution is 7.91. The van der Waals surface area contributed by atoms with E-state index in [0.717, 1.165) is 48.5 Å². The van der Waals surface area contributed by atoms with Crippen molar-refractivity contribution in [3.05, 3.63) is 119 Å². The molecule has 0 radical (unpaired) electrons. The lowest BCUT2D eigenvalue weighted by Crippen LogP contribution is -2.39. The van der Waals surface area contributed by atoms with Crippen molar-refractivity contribution in [2.75, 3.05) is 0 Å². The second kappa shape index (κ2) is 14.0. The van der Waals surface area contributed by atoms with E-state index in [9.17, 15) is 53.4 Å². The molecule has 0 fully saturated rings. The minimum atomic E-state index is -4.86. The Labute approximate surface area is 275 Å². The molecule has 4 aromatic rings. The molecule has 4 aromatic carbocycles. The number of aryl methyl sites for hydroxylation is 2. The smallest absolute Gasteiger partial charge is 0.376 e. The van der Waals surface area contributed by atoms with E-state index in [1.165, 1.54) is 12.1 Å². The summed E-state index contributed by atoms with van der Waals surface area (Å²) in [5.41, 5.74) is -5.67. The fraction of sp³-hybridized carbons (Fsp3) is 0.294. The molecule has 48 heavy (non-hydrogen) atoms. The van der Waals surface area contributed by atoms with Crippen molar-refractivity contribution in [1.82, 2.24) is 0 Å². The van der Waals surface area contributed by atoms with Crippen LogP contribution in [0.1, 0.15) is 49.9 Å². The Morgan fingerprint density at radius 2 is 0.771 bits per heavy atom. The summed E-state index contributed by atoms with van der Waals surface area (Å²) in [5, 5.41) is 19.3. The van der Waals surface area contributed by atoms with Gasteiger partial charge >= 0.3 is 12.4 Å². The van der Waals surface area contributed by atoms with Gasteiger partial charge < -0.3 is 10.2 Å². The Hall–Kier alpha value is -3.72. The lowest BCUT2D eigenvalue weighted by molar-refractivity contribution is -0.259. The number of alkyl halides is 6. The van der Waals surface area contributed by atoms with Gasteiger partial charge in [-0.05, 0) is 85.3 Å². The summed E-state index contributed by atoms with van der Waals surface area (Å²) in [6, 6.07) is 21.2. The van der Waals surface area contributed by atoms with Crippen LogP contribution in [0.5, 0.6) is 0 Å². The first-order chi connectivity index (χ1) is 22.0. The van der Waals surface area contributed by atoms with Crippen LogP contribution in [0.2, 0.25) is 0 Å². The Kier molecular flexibility index (Phi) is 11.3. The fourth-order valence-corrected chi connectivity index (χ4v) is 7.74. The van der Waals surface area contributed by atoms with E-state index in [1.54, 1.807) is 36.4 Å². The maximum atomic E-state index is 12.8. The minimum Gasteiger partial charge on any atom is -0.376 e. The Morgan fingerprint density at radius 3 is 1.02 bits per heavy atom. The van der Waals surface area contributed by atoms with Gasteiger partial charge in [0.25, 0.3) is 0 Å². The monoisotopic (exact) mass is 716 g/mol. The molecule has 6 nitrogen and oxygen atoms in total. The minimum absolute atomic E-state index is 0.120. The molecule has 0 unspecified atom stereocenters. The van der Waals surface area contributed by atoms with Gasteiger partial charge in [0, 0.05) is 0 Å². The summed E-state index contributed by atoms with van der Waals surface area (Å²) in [6.45, 7) is 4.89. The summed E-state index contributed by atoms with van der Waals surface area (Å²) >= 11 is 0. The summed E-state index contributed by atoms with van der Waals surface area (Å²) < 4.78 is 128. The van der Waals surface area contributed by atoms with Gasteiger partial charge in [0.2, 0.25) is 19.7 Å². The molecule has 2 N–H and O–H groups in total. The largest absolute Gasteiger partial charge is 0.421 e. The first-order valence-electron chi connectivity index (χ1n) is 14.5. The van der Waals surface area contributed by atoms with Crippen molar-refractivity contribution in [1.29, 1.82) is 0 Å². The third-order valence-corrected chi connectivity index (χ3v) is 11.6. The van der Waals surface area contributed by atoms with Crippen LogP contribution in [0.3, 0.4) is 0 Å². The van der Waals surface area contributed by atoms with Crippen LogP contribution >= 0.6 is 0 Å². The molecule has 0 aliphatic carbocycles. The standard InChI is InChI=1S/2C17H17F3O3S/c2*1-3-12-6-4-5-7-15(12)24(22,23)14-10-8-13(9-11-14)16(2,21)17(18,19)20/h2*4-11,21H,3H2,1-2H3/t2*16-/m00/s1. The molecule has 0 bridgehead atoms. The van der Waals surface area contributed by atoms with Gasteiger partial charge in [0.1, 0.15) is 0 Å². The summed E-state index contributed by atoms with van der Waals surface area (Å²) in [7, 11) is -7.68. The topological polar surface area (TPSA) is 109 Å². The number of rotatable bonds is 8. The van der Waals surface area contributed by atoms with E-state index in [4.69, 9.17) is 0 Å². The van der Waals surface area contributed by atoms with Gasteiger partial charge in [0.15, 0.2) is 11.2 Å². The van der Waals surface area contributed by atoms with E-state index in [-0.39, 0.29) is 19.6 Å². The highest BCUT2D eigenvalue weighted by atomic mass is 32.2. The molecule has 0 saturated heterocycles. The predicted molar refractivity (Wildman–Crippen MR) is 167 cm³/mol. The molecule has 0 aliphatic rings. The lowest BCUT2D eigenvalue weighted by atomic mass is 9.96. The summed E-state index contributed by atoms with van der Waals surface area (Å²) in [5.74, 6) is 0. The zero-order chi connectivity index (χ0) is 36.3. The van der Waals surface area contributed by atoms with Crippen molar-refractivity contribution in [2.45, 2.75) is 83.7 Å². The van der Waals surface area contributed by atoms with Gasteiger partial charge in [-0.2, -0.15) is 26.3 Å². The van der Waals surface area contributed by atoms with Crippen molar-refractivity contribution in [2.24, 2.45) is 0 Å². The van der Waals surface area contributed by atoms with Crippen LogP contribution in [0, 0.1) is 0 Å². The molecule has 14 heteroatoms. The summed E-state index contributed by atoms with van der Waals surface area (Å²) in [4.78, 5) is 0.0147. The maximum absolute atomic E-state index is 12.8. The molecule has 2 atom stereocenters. The first-order valence-corrected chi connectivity index (χ1v) is 17.4. The molecule has 0 saturated carbocycles. The van der Waals surface area contributed by atoms with Crippen molar-refractivity contribution >= 4 is 19.7 Å². The average Bonchev–Trinajstić information content (AvgIpc) is 3.04. The van der Waals surface area contributed by atoms with E-state index < -0.39 is 54.4 Å². The van der Waals surface area contributed by atoms with Gasteiger partial charge in [-0.3, -0.25) is 0 Å².